The number of pyridine rings is 1. The molecule has 0 aliphatic heterocycles. The van der Waals surface area contributed by atoms with Gasteiger partial charge in [0.05, 0.1) is 6.20 Å². The van der Waals surface area contributed by atoms with Crippen molar-refractivity contribution in [2.24, 2.45) is 5.73 Å². The van der Waals surface area contributed by atoms with E-state index < -0.39 is 0 Å². The molecule has 0 saturated heterocycles. The van der Waals surface area contributed by atoms with Crippen LogP contribution in [0, 0.1) is 11.8 Å². The van der Waals surface area contributed by atoms with Gasteiger partial charge in [-0.2, -0.15) is 0 Å². The molecule has 0 amide bonds. The minimum atomic E-state index is 0.185. The van der Waals surface area contributed by atoms with E-state index in [2.05, 4.69) is 23.7 Å². The monoisotopic (exact) mass is 218 g/mol. The molecule has 1 heterocycles. The molecule has 0 aliphatic carbocycles. The van der Waals surface area contributed by atoms with Crippen LogP contribution < -0.4 is 10.5 Å². The third-order valence-electron chi connectivity index (χ3n) is 2.28. The predicted molar refractivity (Wildman–Crippen MR) is 65.2 cm³/mol. The molecule has 16 heavy (non-hydrogen) atoms. The van der Waals surface area contributed by atoms with Gasteiger partial charge in [-0.3, -0.25) is 4.98 Å². The number of rotatable bonds is 5. The molecule has 1 unspecified atom stereocenters. The lowest BCUT2D eigenvalue weighted by molar-refractivity contribution is 0.368. The molecule has 1 aromatic heterocycles. The maximum atomic E-state index is 5.85. The highest BCUT2D eigenvalue weighted by Gasteiger charge is 2.02. The first kappa shape index (κ1) is 12.5. The van der Waals surface area contributed by atoms with Gasteiger partial charge in [-0.15, -0.1) is 5.92 Å². The van der Waals surface area contributed by atoms with Crippen molar-refractivity contribution in [2.75, 3.05) is 6.61 Å². The lowest BCUT2D eigenvalue weighted by Crippen LogP contribution is -2.21. The summed E-state index contributed by atoms with van der Waals surface area (Å²) in [5, 5.41) is 0. The molecule has 86 valence electrons. The van der Waals surface area contributed by atoms with Crippen LogP contribution in [0.25, 0.3) is 0 Å². The fourth-order valence-electron chi connectivity index (χ4n) is 1.22. The number of hydrogen-bond donors (Lipinski definition) is 1. The van der Waals surface area contributed by atoms with E-state index in [1.165, 1.54) is 0 Å². The second-order valence-corrected chi connectivity index (χ2v) is 3.57. The summed E-state index contributed by atoms with van der Waals surface area (Å²) in [6, 6.07) is 4.04. The summed E-state index contributed by atoms with van der Waals surface area (Å²) in [5.41, 5.74) is 6.85. The summed E-state index contributed by atoms with van der Waals surface area (Å²) < 4.78 is 5.37. The average Bonchev–Trinajstić information content (AvgIpc) is 2.31. The third-order valence-corrected chi connectivity index (χ3v) is 2.28. The average molecular weight is 218 g/mol. The summed E-state index contributed by atoms with van der Waals surface area (Å²) in [4.78, 5) is 4.29. The lowest BCUT2D eigenvalue weighted by Gasteiger charge is -2.08. The Labute approximate surface area is 97.0 Å². The van der Waals surface area contributed by atoms with Crippen molar-refractivity contribution in [1.29, 1.82) is 0 Å². The first-order valence-electron chi connectivity index (χ1n) is 5.49. The molecule has 1 atom stereocenters. The van der Waals surface area contributed by atoms with E-state index in [4.69, 9.17) is 10.5 Å². The van der Waals surface area contributed by atoms with E-state index >= 15 is 0 Å². The molecule has 0 saturated carbocycles. The summed E-state index contributed by atoms with van der Waals surface area (Å²) in [5.74, 6) is 6.35. The highest BCUT2D eigenvalue weighted by Crippen LogP contribution is 2.10. The molecule has 0 aromatic carbocycles. The number of ether oxygens (including phenoxy) is 1. The molecular formula is C13H18N2O. The van der Waals surface area contributed by atoms with Crippen LogP contribution in [0.2, 0.25) is 0 Å². The van der Waals surface area contributed by atoms with Crippen LogP contribution in [0.1, 0.15) is 26.0 Å². The van der Waals surface area contributed by atoms with Crippen molar-refractivity contribution in [3.05, 3.63) is 24.0 Å². The van der Waals surface area contributed by atoms with Crippen LogP contribution in [0.3, 0.4) is 0 Å². The maximum absolute atomic E-state index is 5.85. The summed E-state index contributed by atoms with van der Waals surface area (Å²) in [7, 11) is 0. The Morgan fingerprint density at radius 3 is 2.88 bits per heavy atom. The minimum absolute atomic E-state index is 0.185. The van der Waals surface area contributed by atoms with Gasteiger partial charge in [0, 0.05) is 18.2 Å². The second kappa shape index (κ2) is 6.86. The zero-order valence-corrected chi connectivity index (χ0v) is 9.86. The smallest absolute Gasteiger partial charge is 0.149 e. The fourth-order valence-corrected chi connectivity index (χ4v) is 1.22. The van der Waals surface area contributed by atoms with Crippen molar-refractivity contribution >= 4 is 0 Å². The maximum Gasteiger partial charge on any atom is 0.149 e. The Morgan fingerprint density at radius 1 is 1.50 bits per heavy atom. The first-order chi connectivity index (χ1) is 7.76. The van der Waals surface area contributed by atoms with Gasteiger partial charge >= 0.3 is 0 Å². The molecule has 0 aliphatic rings. The van der Waals surface area contributed by atoms with Gasteiger partial charge in [-0.1, -0.05) is 12.8 Å². The lowest BCUT2D eigenvalue weighted by atomic mass is 10.1. The van der Waals surface area contributed by atoms with E-state index in [0.29, 0.717) is 6.61 Å². The number of nitrogens with zero attached hydrogens (tertiary/aromatic N) is 1. The zero-order valence-electron chi connectivity index (χ0n) is 9.86. The largest absolute Gasteiger partial charge is 0.479 e. The first-order valence-corrected chi connectivity index (χ1v) is 5.49. The van der Waals surface area contributed by atoms with Crippen molar-refractivity contribution < 1.29 is 4.74 Å². The Balaban J connectivity index is 2.49. The molecule has 1 rings (SSSR count). The number of nitrogens with two attached hydrogens (primary N) is 1. The Hall–Kier alpha value is -1.53. The van der Waals surface area contributed by atoms with Gasteiger partial charge in [0.2, 0.25) is 0 Å². The van der Waals surface area contributed by atoms with Crippen LogP contribution in [-0.4, -0.2) is 17.6 Å². The number of hydrogen-bond acceptors (Lipinski definition) is 3. The normalized spacial score (nSPS) is 11.4. The van der Waals surface area contributed by atoms with E-state index in [1.54, 1.807) is 13.1 Å². The zero-order chi connectivity index (χ0) is 11.8. The van der Waals surface area contributed by atoms with Gasteiger partial charge in [-0.25, -0.2) is 0 Å². The molecule has 0 spiro atoms. The van der Waals surface area contributed by atoms with E-state index in [9.17, 15) is 0 Å². The van der Waals surface area contributed by atoms with Gasteiger partial charge in [0.1, 0.15) is 12.4 Å². The van der Waals surface area contributed by atoms with Crippen molar-refractivity contribution in [2.45, 2.75) is 32.7 Å². The summed E-state index contributed by atoms with van der Waals surface area (Å²) >= 11 is 0. The molecule has 2 N–H and O–H groups in total. The SMILES string of the molecule is CC#CCOc1ccc(CC(N)CC)nc1. The molecule has 0 bridgehead atoms. The Morgan fingerprint density at radius 2 is 2.31 bits per heavy atom. The van der Waals surface area contributed by atoms with Crippen LogP contribution in [0.15, 0.2) is 18.3 Å². The van der Waals surface area contributed by atoms with Crippen LogP contribution >= 0.6 is 0 Å². The third kappa shape index (κ3) is 4.33. The summed E-state index contributed by atoms with van der Waals surface area (Å²) in [6.07, 6.45) is 3.49. The van der Waals surface area contributed by atoms with Crippen LogP contribution in [0.4, 0.5) is 0 Å². The van der Waals surface area contributed by atoms with Crippen LogP contribution in [-0.2, 0) is 6.42 Å². The van der Waals surface area contributed by atoms with Crippen molar-refractivity contribution in [1.82, 2.24) is 4.98 Å². The molecular weight excluding hydrogens is 200 g/mol. The highest BCUT2D eigenvalue weighted by molar-refractivity contribution is 5.21. The quantitative estimate of drug-likeness (QED) is 0.766. The Bertz CT molecular complexity index is 362. The minimum Gasteiger partial charge on any atom is -0.479 e. The van der Waals surface area contributed by atoms with E-state index in [0.717, 1.165) is 24.3 Å². The summed E-state index contributed by atoms with van der Waals surface area (Å²) in [6.45, 7) is 4.27. The molecule has 1 aromatic rings. The van der Waals surface area contributed by atoms with Gasteiger partial charge in [0.25, 0.3) is 0 Å². The van der Waals surface area contributed by atoms with E-state index in [-0.39, 0.29) is 6.04 Å². The molecule has 0 radical (unpaired) electrons. The Kier molecular flexibility index (Phi) is 5.38. The topological polar surface area (TPSA) is 48.1 Å². The second-order valence-electron chi connectivity index (χ2n) is 3.57. The standard InChI is InChI=1S/C13H18N2O/c1-3-5-8-16-13-7-6-12(15-10-13)9-11(14)4-2/h6-7,10-11H,4,8-9,14H2,1-2H3. The van der Waals surface area contributed by atoms with Crippen molar-refractivity contribution in [3.63, 3.8) is 0 Å². The highest BCUT2D eigenvalue weighted by atomic mass is 16.5. The van der Waals surface area contributed by atoms with E-state index in [1.807, 2.05) is 12.1 Å². The van der Waals surface area contributed by atoms with Gasteiger partial charge < -0.3 is 10.5 Å². The predicted octanol–water partition coefficient (Wildman–Crippen LogP) is 1.76. The molecule has 3 heteroatoms. The molecule has 3 nitrogen and oxygen atoms in total. The van der Waals surface area contributed by atoms with Gasteiger partial charge in [-0.05, 0) is 25.5 Å². The van der Waals surface area contributed by atoms with Crippen molar-refractivity contribution in [3.8, 4) is 17.6 Å². The van der Waals surface area contributed by atoms with Crippen LogP contribution in [0.5, 0.6) is 5.75 Å². The fraction of sp³-hybridized carbons (Fsp3) is 0.462. The molecule has 0 fully saturated rings. The number of aromatic nitrogens is 1. The van der Waals surface area contributed by atoms with Gasteiger partial charge in [0.15, 0.2) is 0 Å².